The number of nitrogens with one attached hydrogen (secondary N) is 2. The van der Waals surface area contributed by atoms with Gasteiger partial charge < -0.3 is 14.7 Å². The third-order valence-electron chi connectivity index (χ3n) is 6.86. The first kappa shape index (κ1) is 25.3. The Morgan fingerprint density at radius 1 is 1.25 bits per heavy atom. The van der Waals surface area contributed by atoms with Crippen LogP contribution >= 0.6 is 0 Å². The Labute approximate surface area is 205 Å². The Morgan fingerprint density at radius 3 is 2.58 bits per heavy atom. The number of nitriles is 1. The fourth-order valence-corrected chi connectivity index (χ4v) is 5.04. The summed E-state index contributed by atoms with van der Waals surface area (Å²) in [5, 5.41) is 25.6. The number of carbonyl (C=O) groups is 1. The zero-order valence-corrected chi connectivity index (χ0v) is 19.8. The quantitative estimate of drug-likeness (QED) is 0.369. The summed E-state index contributed by atoms with van der Waals surface area (Å²) in [6.45, 7) is 3.86. The molecule has 2 aromatic rings. The van der Waals surface area contributed by atoms with E-state index in [4.69, 9.17) is 10.8 Å². The molecule has 1 amide bonds. The topological polar surface area (TPSA) is 111 Å². The molecule has 190 valence electrons. The summed E-state index contributed by atoms with van der Waals surface area (Å²) >= 11 is 0. The van der Waals surface area contributed by atoms with Gasteiger partial charge in [-0.3, -0.25) is 20.6 Å². The number of carbonyl (C=O) groups excluding carboxylic acids is 1. The smallest absolute Gasteiger partial charge is 0.370 e. The number of rotatable bonds is 2. The van der Waals surface area contributed by atoms with E-state index < -0.39 is 29.6 Å². The highest BCUT2D eigenvalue weighted by molar-refractivity contribution is 6.03. The van der Waals surface area contributed by atoms with E-state index in [2.05, 4.69) is 11.1 Å². The second-order valence-corrected chi connectivity index (χ2v) is 9.22. The summed E-state index contributed by atoms with van der Waals surface area (Å²) in [5.74, 6) is -3.33. The van der Waals surface area contributed by atoms with Gasteiger partial charge in [0, 0.05) is 37.5 Å². The number of benzene rings is 1. The highest BCUT2D eigenvalue weighted by atomic mass is 19.4. The molecule has 2 aliphatic rings. The molecule has 2 saturated heterocycles. The summed E-state index contributed by atoms with van der Waals surface area (Å²) in [5.41, 5.74) is 2.02. The Kier molecular flexibility index (Phi) is 6.60. The molecule has 0 aliphatic carbocycles. The Morgan fingerprint density at radius 2 is 1.97 bits per heavy atom. The molecular formula is C24H25F4N7O. The van der Waals surface area contributed by atoms with E-state index in [0.29, 0.717) is 52.3 Å². The summed E-state index contributed by atoms with van der Waals surface area (Å²) in [4.78, 5) is 21.6. The van der Waals surface area contributed by atoms with E-state index in [1.165, 1.54) is 17.0 Å². The van der Waals surface area contributed by atoms with Crippen LogP contribution in [0.25, 0.3) is 10.9 Å². The average Bonchev–Trinajstić information content (AvgIpc) is 2.82. The van der Waals surface area contributed by atoms with Crippen LogP contribution in [-0.4, -0.2) is 71.3 Å². The van der Waals surface area contributed by atoms with Crippen molar-refractivity contribution in [2.75, 3.05) is 37.6 Å². The number of nitrogens with zero attached hydrogens (tertiary/aromatic N) is 5. The van der Waals surface area contributed by atoms with Gasteiger partial charge in [-0.15, -0.1) is 0 Å². The van der Waals surface area contributed by atoms with Gasteiger partial charge in [0.25, 0.3) is 0 Å². The number of anilines is 1. The lowest BCUT2D eigenvalue weighted by Gasteiger charge is -2.42. The van der Waals surface area contributed by atoms with Crippen LogP contribution in [0.15, 0.2) is 18.2 Å². The number of pyridine rings is 1. The molecule has 3 heterocycles. The minimum absolute atomic E-state index is 0.0152. The van der Waals surface area contributed by atoms with Crippen LogP contribution < -0.4 is 4.90 Å². The van der Waals surface area contributed by atoms with Crippen LogP contribution in [0.3, 0.4) is 0 Å². The van der Waals surface area contributed by atoms with Crippen LogP contribution in [0.4, 0.5) is 23.2 Å². The average molecular weight is 504 g/mol. The molecule has 2 fully saturated rings. The van der Waals surface area contributed by atoms with Gasteiger partial charge >= 0.3 is 6.18 Å². The number of hydrogen-bond donors (Lipinski definition) is 2. The molecule has 0 spiro atoms. The molecule has 0 unspecified atom stereocenters. The fourth-order valence-electron chi connectivity index (χ4n) is 5.04. The first-order valence-corrected chi connectivity index (χ1v) is 11.5. The van der Waals surface area contributed by atoms with Crippen LogP contribution in [0.5, 0.6) is 0 Å². The molecule has 2 N–H and O–H groups in total. The van der Waals surface area contributed by atoms with Gasteiger partial charge in [-0.2, -0.15) is 18.4 Å². The molecule has 0 bridgehead atoms. The number of aryl methyl sites for hydroxylation is 1. The Hall–Kier alpha value is -3.75. The molecule has 36 heavy (non-hydrogen) atoms. The predicted molar refractivity (Wildman–Crippen MR) is 125 cm³/mol. The van der Waals surface area contributed by atoms with Crippen LogP contribution in [-0.2, 0) is 4.79 Å². The molecule has 2 atom stereocenters. The van der Waals surface area contributed by atoms with Crippen molar-refractivity contribution in [2.24, 2.45) is 11.8 Å². The Bertz CT molecular complexity index is 1290. The van der Waals surface area contributed by atoms with Crippen molar-refractivity contribution in [3.05, 3.63) is 35.3 Å². The van der Waals surface area contributed by atoms with E-state index >= 15 is 0 Å². The van der Waals surface area contributed by atoms with Gasteiger partial charge in [-0.1, -0.05) is 6.92 Å². The highest BCUT2D eigenvalue weighted by Crippen LogP contribution is 2.36. The van der Waals surface area contributed by atoms with E-state index in [1.807, 2.05) is 11.8 Å². The van der Waals surface area contributed by atoms with Crippen molar-refractivity contribution >= 4 is 34.2 Å². The number of hydrogen-bond acceptors (Lipinski definition) is 6. The maximum Gasteiger partial charge on any atom is 0.449 e. The molecule has 0 saturated carbocycles. The molecule has 8 nitrogen and oxygen atoms in total. The van der Waals surface area contributed by atoms with Crippen molar-refractivity contribution in [3.63, 3.8) is 0 Å². The summed E-state index contributed by atoms with van der Waals surface area (Å²) < 4.78 is 52.7. The van der Waals surface area contributed by atoms with E-state index in [1.54, 1.807) is 13.0 Å². The van der Waals surface area contributed by atoms with Gasteiger partial charge in [0.1, 0.15) is 17.7 Å². The zero-order chi connectivity index (χ0) is 26.4. The second kappa shape index (κ2) is 9.37. The molecule has 12 heteroatoms. The first-order valence-electron chi connectivity index (χ1n) is 11.5. The highest BCUT2D eigenvalue weighted by Gasteiger charge is 2.43. The van der Waals surface area contributed by atoms with Crippen molar-refractivity contribution < 1.29 is 22.4 Å². The normalized spacial score (nSPS) is 21.0. The maximum absolute atomic E-state index is 14.1. The number of amidine groups is 2. The summed E-state index contributed by atoms with van der Waals surface area (Å²) in [7, 11) is 0. The number of piperazine rings is 1. The van der Waals surface area contributed by atoms with E-state index in [-0.39, 0.29) is 31.5 Å². The molecule has 0 radical (unpaired) electrons. The van der Waals surface area contributed by atoms with Crippen LogP contribution in [0.2, 0.25) is 0 Å². The van der Waals surface area contributed by atoms with Crippen molar-refractivity contribution in [1.82, 2.24) is 14.8 Å². The van der Waals surface area contributed by atoms with Crippen molar-refractivity contribution in [1.29, 1.82) is 16.1 Å². The van der Waals surface area contributed by atoms with E-state index in [0.717, 1.165) is 0 Å². The SMILES string of the molecule is Cc1nc2ccc(F)cc2c(N2CC[C@H](C(=O)N3CCN(C(=N)C(F)(F)F)C(=N)C3)[C@H](C)C2)c1C#N. The summed E-state index contributed by atoms with van der Waals surface area (Å²) in [6, 6.07) is 6.40. The van der Waals surface area contributed by atoms with Crippen LogP contribution in [0, 0.1) is 46.7 Å². The minimum Gasteiger partial charge on any atom is -0.370 e. The van der Waals surface area contributed by atoms with Gasteiger partial charge in [0.15, 0.2) is 0 Å². The molecule has 1 aromatic carbocycles. The number of alkyl halides is 3. The number of halogens is 4. The third kappa shape index (κ3) is 4.57. The standard InChI is InChI=1S/C24H25F4N7O/c1-13-11-33(21-17-9-15(25)3-4-19(17)32-14(2)18(21)10-29)6-5-16(13)22(36)34-7-8-35(20(30)12-34)23(31)24(26,27)28/h3-4,9,13,16,30-31H,5-8,11-12H2,1-2H3/t13-,16+/m1/s1. The van der Waals surface area contributed by atoms with Crippen molar-refractivity contribution in [3.8, 4) is 6.07 Å². The van der Waals surface area contributed by atoms with Crippen LogP contribution in [0.1, 0.15) is 24.6 Å². The molecular weight excluding hydrogens is 478 g/mol. The third-order valence-corrected chi connectivity index (χ3v) is 6.86. The number of piperidine rings is 1. The summed E-state index contributed by atoms with van der Waals surface area (Å²) in [6.07, 6.45) is -4.44. The monoisotopic (exact) mass is 503 g/mol. The van der Waals surface area contributed by atoms with E-state index in [9.17, 15) is 27.6 Å². The van der Waals surface area contributed by atoms with Gasteiger partial charge in [-0.05, 0) is 37.5 Å². The lowest BCUT2D eigenvalue weighted by molar-refractivity contribution is -0.137. The Balaban J connectivity index is 1.51. The lowest BCUT2D eigenvalue weighted by Crippen LogP contribution is -2.58. The minimum atomic E-state index is -4.86. The zero-order valence-electron chi connectivity index (χ0n) is 19.8. The lowest BCUT2D eigenvalue weighted by atomic mass is 9.84. The number of fused-ring (bicyclic) bond motifs is 1. The van der Waals surface area contributed by atoms with Gasteiger partial charge in [0.05, 0.1) is 29.0 Å². The maximum atomic E-state index is 14.1. The molecule has 2 aliphatic heterocycles. The molecule has 1 aromatic heterocycles. The first-order chi connectivity index (χ1) is 16.9. The second-order valence-electron chi connectivity index (χ2n) is 9.22. The number of aromatic nitrogens is 1. The predicted octanol–water partition coefficient (Wildman–Crippen LogP) is 3.68. The van der Waals surface area contributed by atoms with Gasteiger partial charge in [-0.25, -0.2) is 4.39 Å². The van der Waals surface area contributed by atoms with Gasteiger partial charge in [0.2, 0.25) is 11.7 Å². The fraction of sp³-hybridized carbons (Fsp3) is 0.458. The molecule has 4 rings (SSSR count). The number of amides is 1. The van der Waals surface area contributed by atoms with Crippen molar-refractivity contribution in [2.45, 2.75) is 26.4 Å². The largest absolute Gasteiger partial charge is 0.449 e.